The van der Waals surface area contributed by atoms with Gasteiger partial charge in [0, 0.05) is 87.4 Å². The van der Waals surface area contributed by atoms with Crippen molar-refractivity contribution in [3.63, 3.8) is 0 Å². The second-order valence-corrected chi connectivity index (χ2v) is 26.8. The zero-order chi connectivity index (χ0) is 70.6. The van der Waals surface area contributed by atoms with Crippen LogP contribution in [0.15, 0.2) is 109 Å². The Balaban J connectivity index is 0.810. The number of aliphatic carboxylic acids is 1. The van der Waals surface area contributed by atoms with Crippen molar-refractivity contribution in [2.45, 2.75) is 159 Å². The first-order chi connectivity index (χ1) is 46.3. The molecule has 5 amide bonds. The van der Waals surface area contributed by atoms with Gasteiger partial charge < -0.3 is 81.3 Å². The Labute approximate surface area is 572 Å². The number of carboxylic acids is 1. The number of benzene rings is 5. The second kappa shape index (κ2) is 36.4. The lowest BCUT2D eigenvalue weighted by Crippen LogP contribution is -2.68. The third-order valence-electron chi connectivity index (χ3n) is 17.3. The summed E-state index contributed by atoms with van der Waals surface area (Å²) in [6, 6.07) is 30.0. The van der Waals surface area contributed by atoms with E-state index in [1.807, 2.05) is 88.4 Å². The van der Waals surface area contributed by atoms with Crippen LogP contribution in [0.5, 0.6) is 0 Å². The zero-order valence-electron chi connectivity index (χ0n) is 55.2. The maximum atomic E-state index is 13.4. The molecule has 0 aliphatic carbocycles. The molecular weight excluding hydrogens is 1290 g/mol. The maximum Gasteiger partial charge on any atom is 0.364 e. The van der Waals surface area contributed by atoms with Crippen molar-refractivity contribution in [3.05, 3.63) is 148 Å². The van der Waals surface area contributed by atoms with Gasteiger partial charge in [-0.15, -0.1) is 0 Å². The third kappa shape index (κ3) is 21.0. The van der Waals surface area contributed by atoms with E-state index in [-0.39, 0.29) is 56.2 Å². The molecule has 24 nitrogen and oxygen atoms in total. The van der Waals surface area contributed by atoms with Gasteiger partial charge in [0.05, 0.1) is 49.7 Å². The standard InChI is InChI=1S/C71H89N5O19S2/c1-41-43(3)60(76-59(85)28-34-97-32-14-30-93-71(69(90)91)37-56(82)62(75-46(6)79)66(95-71)64(87)58(84)39-73-68(89)52-25-21-50(22-26-52)48-17-11-8-12-18-48)44(4)42(2)54(41)35-53(80)27-33-96-31-13-29-92-70(40-77)36-55(81)61(74-45(5)78)65(94-70)63(86)57(83)38-72-67(88)51-23-19-49(20-24-51)47-15-9-7-10-16-47/h7-12,15-26,40,55-58,61-66,81-84,86-87H,13-14,27-39H2,1-6H3,(H,72,88)(H,73,89)(H,74,78)(H,75,79)(H,76,85)(H,90,91)/t55-,56+,57+,58-,61+,62-,63+,64+,65+,66+,70+,71+/m0/s1. The van der Waals surface area contributed by atoms with E-state index in [1.54, 1.807) is 48.5 Å². The van der Waals surface area contributed by atoms with Crippen LogP contribution < -0.4 is 26.6 Å². The van der Waals surface area contributed by atoms with Gasteiger partial charge in [0.25, 0.3) is 17.6 Å². The smallest absolute Gasteiger partial charge is 0.364 e. The van der Waals surface area contributed by atoms with E-state index in [0.29, 0.717) is 47.0 Å². The Hall–Kier alpha value is -7.44. The number of aliphatic hydroxyl groups is 6. The number of anilines is 1. The molecule has 0 radical (unpaired) electrons. The summed E-state index contributed by atoms with van der Waals surface area (Å²) in [5.74, 6) is -6.86. The normalized spacial score (nSPS) is 22.0. The number of nitrogens with one attached hydrogen (secondary N) is 5. The first kappa shape index (κ1) is 76.9. The number of carbonyl (C=O) groups is 8. The van der Waals surface area contributed by atoms with E-state index in [0.717, 1.165) is 57.0 Å². The number of Topliss-reactive ketones (excluding diaryl/α,β-unsaturated/α-hetero) is 1. The Bertz CT molecular complexity index is 3470. The number of carboxylic acid groups (broad SMARTS) is 1. The summed E-state index contributed by atoms with van der Waals surface area (Å²) in [6.45, 7) is 8.77. The number of ether oxygens (including phenoxy) is 4. The molecule has 12 atom stereocenters. The molecule has 2 heterocycles. The maximum absolute atomic E-state index is 13.4. The van der Waals surface area contributed by atoms with Crippen molar-refractivity contribution in [2.75, 3.05) is 54.6 Å². The minimum Gasteiger partial charge on any atom is -0.477 e. The fraction of sp³-hybridized carbons (Fsp3) is 0.465. The first-order valence-corrected chi connectivity index (χ1v) is 34.5. The fourth-order valence-electron chi connectivity index (χ4n) is 11.7. The van der Waals surface area contributed by atoms with E-state index in [4.69, 9.17) is 18.9 Å². The van der Waals surface area contributed by atoms with Crippen molar-refractivity contribution in [1.29, 1.82) is 0 Å². The predicted molar refractivity (Wildman–Crippen MR) is 366 cm³/mol. The summed E-state index contributed by atoms with van der Waals surface area (Å²) < 4.78 is 23.6. The van der Waals surface area contributed by atoms with Gasteiger partial charge in [0.1, 0.15) is 30.2 Å². The molecule has 2 fully saturated rings. The van der Waals surface area contributed by atoms with Crippen LogP contribution in [0.1, 0.15) is 101 Å². The predicted octanol–water partition coefficient (Wildman–Crippen LogP) is 4.65. The van der Waals surface area contributed by atoms with Crippen LogP contribution in [0, 0.1) is 27.7 Å². The van der Waals surface area contributed by atoms with Crippen LogP contribution in [0.2, 0.25) is 0 Å². The minimum absolute atomic E-state index is 0.00654. The first-order valence-electron chi connectivity index (χ1n) is 32.2. The Kier molecular flexibility index (Phi) is 28.9. The van der Waals surface area contributed by atoms with Crippen molar-refractivity contribution in [1.82, 2.24) is 21.3 Å². The van der Waals surface area contributed by atoms with Gasteiger partial charge in [0.2, 0.25) is 23.5 Å². The van der Waals surface area contributed by atoms with Crippen LogP contribution in [0.4, 0.5) is 5.69 Å². The van der Waals surface area contributed by atoms with Crippen molar-refractivity contribution >= 4 is 76.8 Å². The summed E-state index contributed by atoms with van der Waals surface area (Å²) in [6.07, 6.45) is -12.9. The molecule has 7 rings (SSSR count). The van der Waals surface area contributed by atoms with Gasteiger partial charge in [-0.05, 0) is 126 Å². The fourth-order valence-corrected chi connectivity index (χ4v) is 13.4. The highest BCUT2D eigenvalue weighted by atomic mass is 32.2. The Morgan fingerprint density at radius 1 is 0.577 bits per heavy atom. The molecule has 12 N–H and O–H groups in total. The summed E-state index contributed by atoms with van der Waals surface area (Å²) in [7, 11) is 0. The molecule has 0 spiro atoms. The number of aliphatic hydroxyl groups excluding tert-OH is 6. The molecule has 26 heteroatoms. The van der Waals surface area contributed by atoms with Crippen molar-refractivity contribution in [3.8, 4) is 22.3 Å². The molecule has 2 saturated heterocycles. The van der Waals surface area contributed by atoms with E-state index < -0.39 is 128 Å². The van der Waals surface area contributed by atoms with E-state index in [9.17, 15) is 74.1 Å². The van der Waals surface area contributed by atoms with Gasteiger partial charge >= 0.3 is 5.97 Å². The Morgan fingerprint density at radius 3 is 1.46 bits per heavy atom. The third-order valence-corrected chi connectivity index (χ3v) is 19.4. The highest BCUT2D eigenvalue weighted by Crippen LogP contribution is 2.36. The van der Waals surface area contributed by atoms with Gasteiger partial charge in [0.15, 0.2) is 6.29 Å². The molecule has 97 heavy (non-hydrogen) atoms. The number of amides is 5. The number of thioether (sulfide) groups is 2. The van der Waals surface area contributed by atoms with Crippen LogP contribution in [-0.4, -0.2) is 205 Å². The highest BCUT2D eigenvalue weighted by molar-refractivity contribution is 7.99. The van der Waals surface area contributed by atoms with Gasteiger partial charge in [-0.2, -0.15) is 23.5 Å². The molecule has 524 valence electrons. The van der Waals surface area contributed by atoms with Crippen LogP contribution in [0.3, 0.4) is 0 Å². The molecule has 0 unspecified atom stereocenters. The molecule has 5 aromatic rings. The SMILES string of the molecule is CC(=O)N[C@@H]1[C@H]([C@H](O)[C@@H](O)CNC(=O)c2ccc(-c3ccccc3)cc2)O[C@@](OCCCSCCC(=O)Nc2c(C)c(C)c(CC(=O)CCSCCCO[C@]3(C=O)C[C@H](O)[C@@H](NC(C)=O)[C@H]([C@H](O)[C@H](O)CNC(=O)c4ccc(-c5ccccc5)cc4)O3)c(C)c2C)(C(=O)O)C[C@H]1O. The number of rotatable bonds is 35. The minimum atomic E-state index is -2.49. The van der Waals surface area contributed by atoms with Crippen LogP contribution in [-0.2, 0) is 54.1 Å². The molecule has 0 aromatic heterocycles. The summed E-state index contributed by atoms with van der Waals surface area (Å²) >= 11 is 2.91. The highest BCUT2D eigenvalue weighted by Gasteiger charge is 2.56. The Morgan fingerprint density at radius 2 is 1.01 bits per heavy atom. The zero-order valence-corrected chi connectivity index (χ0v) is 56.8. The van der Waals surface area contributed by atoms with Gasteiger partial charge in [-0.1, -0.05) is 84.9 Å². The molecular formula is C71H89N5O19S2. The van der Waals surface area contributed by atoms with Crippen molar-refractivity contribution < 1.29 is 93.0 Å². The largest absolute Gasteiger partial charge is 0.477 e. The van der Waals surface area contributed by atoms with Crippen LogP contribution in [0.25, 0.3) is 22.3 Å². The average Bonchev–Trinajstić information content (AvgIpc) is 0.773. The van der Waals surface area contributed by atoms with Crippen molar-refractivity contribution in [2.24, 2.45) is 0 Å². The summed E-state index contributed by atoms with van der Waals surface area (Å²) in [5, 5.41) is 90.8. The lowest BCUT2D eigenvalue weighted by atomic mass is 9.88. The number of hydrogen-bond acceptors (Lipinski definition) is 20. The van der Waals surface area contributed by atoms with E-state index in [1.165, 1.54) is 30.4 Å². The summed E-state index contributed by atoms with van der Waals surface area (Å²) in [4.78, 5) is 103. The lowest BCUT2D eigenvalue weighted by molar-refractivity contribution is -0.310. The molecule has 2 aliphatic rings. The number of hydrogen-bond donors (Lipinski definition) is 12. The van der Waals surface area contributed by atoms with Gasteiger partial charge in [-0.3, -0.25) is 33.6 Å². The molecule has 0 bridgehead atoms. The monoisotopic (exact) mass is 1380 g/mol. The summed E-state index contributed by atoms with van der Waals surface area (Å²) in [5.41, 5.74) is 9.14. The van der Waals surface area contributed by atoms with Gasteiger partial charge in [-0.25, -0.2) is 4.79 Å². The molecule has 2 aliphatic heterocycles. The van der Waals surface area contributed by atoms with Crippen LogP contribution >= 0.6 is 23.5 Å². The average molecular weight is 1380 g/mol. The number of aldehydes is 1. The molecule has 5 aromatic carbocycles. The number of ketones is 1. The second-order valence-electron chi connectivity index (χ2n) is 24.3. The van der Waals surface area contributed by atoms with E-state index >= 15 is 0 Å². The number of carbonyl (C=O) groups excluding carboxylic acids is 7. The quantitative estimate of drug-likeness (QED) is 0.0194. The lowest BCUT2D eigenvalue weighted by Gasteiger charge is -2.46. The molecule has 0 saturated carbocycles. The van der Waals surface area contributed by atoms with E-state index in [2.05, 4.69) is 26.6 Å². The topological polar surface area (TPSA) is 375 Å².